The van der Waals surface area contributed by atoms with E-state index in [2.05, 4.69) is 10.3 Å². The molecular formula is C21H16ClN5O5. The number of nitro benzene ring substituents is 1. The number of aryl methyl sites for hydroxylation is 1. The fraction of sp³-hybridized carbons (Fsp3) is 0.143. The van der Waals surface area contributed by atoms with Gasteiger partial charge >= 0.3 is 0 Å². The van der Waals surface area contributed by atoms with E-state index in [9.17, 15) is 24.5 Å². The van der Waals surface area contributed by atoms with Crippen LogP contribution in [0, 0.1) is 10.1 Å². The number of nitrogens with zero attached hydrogens (tertiary/aromatic N) is 4. The summed E-state index contributed by atoms with van der Waals surface area (Å²) >= 11 is 5.97. The molecule has 2 aromatic carbocycles. The van der Waals surface area contributed by atoms with Crippen LogP contribution in [-0.4, -0.2) is 43.6 Å². The number of imidazole rings is 1. The molecule has 0 bridgehead atoms. The number of carbonyl (C=O) groups is 3. The molecule has 32 heavy (non-hydrogen) atoms. The van der Waals surface area contributed by atoms with Crippen molar-refractivity contribution in [1.29, 1.82) is 0 Å². The lowest BCUT2D eigenvalue weighted by molar-refractivity contribution is -0.385. The Morgan fingerprint density at radius 2 is 1.91 bits per heavy atom. The molecule has 1 aliphatic heterocycles. The second kappa shape index (κ2) is 8.23. The second-order valence-corrected chi connectivity index (χ2v) is 7.54. The number of halogens is 1. The van der Waals surface area contributed by atoms with Crippen molar-refractivity contribution in [3.05, 3.63) is 92.5 Å². The topological polar surface area (TPSA) is 127 Å². The van der Waals surface area contributed by atoms with E-state index in [1.165, 1.54) is 12.1 Å². The summed E-state index contributed by atoms with van der Waals surface area (Å²) in [4.78, 5) is 53.8. The molecule has 3 aromatic rings. The van der Waals surface area contributed by atoms with Gasteiger partial charge in [-0.1, -0.05) is 29.8 Å². The summed E-state index contributed by atoms with van der Waals surface area (Å²) in [6, 6.07) is 9.91. The Balaban J connectivity index is 1.59. The van der Waals surface area contributed by atoms with Crippen molar-refractivity contribution in [2.75, 3.05) is 6.54 Å². The highest BCUT2D eigenvalue weighted by molar-refractivity contribution is 6.30. The summed E-state index contributed by atoms with van der Waals surface area (Å²) in [5.41, 5.74) is -0.199. The first-order valence-corrected chi connectivity index (χ1v) is 9.81. The summed E-state index contributed by atoms with van der Waals surface area (Å²) in [6.07, 6.45) is 3.29. The van der Waals surface area contributed by atoms with Crippen LogP contribution in [0.1, 0.15) is 38.1 Å². The van der Waals surface area contributed by atoms with Crippen molar-refractivity contribution in [2.45, 2.75) is 6.04 Å². The van der Waals surface area contributed by atoms with Crippen molar-refractivity contribution >= 4 is 35.0 Å². The third-order valence-corrected chi connectivity index (χ3v) is 5.35. The molecule has 1 N–H and O–H groups in total. The first kappa shape index (κ1) is 21.2. The van der Waals surface area contributed by atoms with Gasteiger partial charge in [-0.05, 0) is 23.8 Å². The second-order valence-electron chi connectivity index (χ2n) is 7.10. The molecule has 10 nitrogen and oxygen atoms in total. The highest BCUT2D eigenvalue weighted by Crippen LogP contribution is 2.30. The smallest absolute Gasteiger partial charge is 0.282 e. The van der Waals surface area contributed by atoms with Crippen LogP contribution in [0.3, 0.4) is 0 Å². The van der Waals surface area contributed by atoms with Gasteiger partial charge < -0.3 is 9.88 Å². The monoisotopic (exact) mass is 453 g/mol. The van der Waals surface area contributed by atoms with Crippen LogP contribution in [0.15, 0.2) is 54.9 Å². The molecular weight excluding hydrogens is 438 g/mol. The summed E-state index contributed by atoms with van der Waals surface area (Å²) in [5.74, 6) is -1.75. The minimum atomic E-state index is -0.882. The van der Waals surface area contributed by atoms with Crippen LogP contribution < -0.4 is 5.32 Å². The van der Waals surface area contributed by atoms with E-state index in [-0.39, 0.29) is 11.1 Å². The largest absolute Gasteiger partial charge is 0.341 e. The number of benzene rings is 2. The fourth-order valence-corrected chi connectivity index (χ4v) is 3.70. The quantitative estimate of drug-likeness (QED) is 0.347. The van der Waals surface area contributed by atoms with Gasteiger partial charge in [0.25, 0.3) is 17.5 Å². The Kier molecular flexibility index (Phi) is 5.45. The first-order chi connectivity index (χ1) is 15.3. The van der Waals surface area contributed by atoms with Gasteiger partial charge in [-0.25, -0.2) is 4.98 Å². The van der Waals surface area contributed by atoms with Gasteiger partial charge in [0.05, 0.1) is 10.5 Å². The zero-order chi connectivity index (χ0) is 23.0. The van der Waals surface area contributed by atoms with Crippen molar-refractivity contribution in [3.8, 4) is 0 Å². The zero-order valence-corrected chi connectivity index (χ0v) is 17.4. The predicted molar refractivity (Wildman–Crippen MR) is 113 cm³/mol. The van der Waals surface area contributed by atoms with Crippen LogP contribution in [0.2, 0.25) is 5.02 Å². The minimum Gasteiger partial charge on any atom is -0.341 e. The van der Waals surface area contributed by atoms with Gasteiger partial charge in [0.15, 0.2) is 0 Å². The molecule has 1 aromatic heterocycles. The molecule has 0 radical (unpaired) electrons. The molecule has 2 heterocycles. The maximum atomic E-state index is 12.9. The van der Waals surface area contributed by atoms with E-state index >= 15 is 0 Å². The Bertz CT molecular complexity index is 1250. The summed E-state index contributed by atoms with van der Waals surface area (Å²) in [5, 5.41) is 14.6. The number of hydrogen-bond acceptors (Lipinski definition) is 6. The maximum absolute atomic E-state index is 12.9. The van der Waals surface area contributed by atoms with Gasteiger partial charge in [0.1, 0.15) is 24.0 Å². The zero-order valence-electron chi connectivity index (χ0n) is 16.7. The first-order valence-electron chi connectivity index (χ1n) is 9.43. The third-order valence-electron chi connectivity index (χ3n) is 5.10. The van der Waals surface area contributed by atoms with Crippen LogP contribution in [0.5, 0.6) is 0 Å². The van der Waals surface area contributed by atoms with Crippen molar-refractivity contribution < 1.29 is 19.3 Å². The molecule has 0 spiro atoms. The summed E-state index contributed by atoms with van der Waals surface area (Å²) in [6.45, 7) is -0.599. The molecule has 4 rings (SSSR count). The van der Waals surface area contributed by atoms with E-state index in [0.717, 1.165) is 6.07 Å². The highest BCUT2D eigenvalue weighted by Gasteiger charge is 2.41. The number of rotatable bonds is 6. The normalized spacial score (nSPS) is 13.8. The molecule has 3 amide bonds. The van der Waals surface area contributed by atoms with Crippen LogP contribution >= 0.6 is 11.6 Å². The van der Waals surface area contributed by atoms with E-state index in [1.54, 1.807) is 48.3 Å². The molecule has 1 aliphatic rings. The Hall–Kier alpha value is -4.05. The lowest BCUT2D eigenvalue weighted by Gasteiger charge is -2.21. The molecule has 0 aliphatic carbocycles. The van der Waals surface area contributed by atoms with Gasteiger partial charge in [-0.3, -0.25) is 29.4 Å². The van der Waals surface area contributed by atoms with Crippen LogP contribution in [0.4, 0.5) is 5.69 Å². The fourth-order valence-electron chi connectivity index (χ4n) is 3.57. The molecule has 1 unspecified atom stereocenters. The Morgan fingerprint density at radius 1 is 1.19 bits per heavy atom. The van der Waals surface area contributed by atoms with Crippen molar-refractivity contribution in [2.24, 2.45) is 7.05 Å². The van der Waals surface area contributed by atoms with Crippen LogP contribution in [-0.2, 0) is 11.8 Å². The highest BCUT2D eigenvalue weighted by atomic mass is 35.5. The minimum absolute atomic E-state index is 0.102. The van der Waals surface area contributed by atoms with Gasteiger partial charge in [0.2, 0.25) is 5.91 Å². The molecule has 0 saturated heterocycles. The number of nitrogens with one attached hydrogen (secondary N) is 1. The van der Waals surface area contributed by atoms with E-state index in [0.29, 0.717) is 21.3 Å². The van der Waals surface area contributed by atoms with E-state index in [4.69, 9.17) is 11.6 Å². The number of imide groups is 1. The number of aromatic nitrogens is 2. The number of hydrogen-bond donors (Lipinski definition) is 1. The lowest BCUT2D eigenvalue weighted by atomic mass is 10.1. The van der Waals surface area contributed by atoms with Gasteiger partial charge in [-0.15, -0.1) is 0 Å². The number of carbonyl (C=O) groups excluding carboxylic acids is 3. The standard InChI is InChI=1S/C21H16ClN5O5/c1-25-10-9-23-19(25)18(12-5-7-13(22)8-6-12)24-16(28)11-26-20(29)14-3-2-4-15(27(31)32)17(14)21(26)30/h2-10,18H,11H2,1H3,(H,24,28). The average molecular weight is 454 g/mol. The average Bonchev–Trinajstić information content (AvgIpc) is 3.29. The van der Waals surface area contributed by atoms with E-state index in [1.807, 2.05) is 0 Å². The number of nitro groups is 1. The molecule has 1 atom stereocenters. The molecule has 162 valence electrons. The Labute approximate surface area is 186 Å². The Morgan fingerprint density at radius 3 is 2.53 bits per heavy atom. The summed E-state index contributed by atoms with van der Waals surface area (Å²) < 4.78 is 1.73. The maximum Gasteiger partial charge on any atom is 0.282 e. The number of fused-ring (bicyclic) bond motifs is 1. The molecule has 0 saturated carbocycles. The van der Waals surface area contributed by atoms with Crippen LogP contribution in [0.25, 0.3) is 0 Å². The van der Waals surface area contributed by atoms with Gasteiger partial charge in [0, 0.05) is 30.5 Å². The van der Waals surface area contributed by atoms with Gasteiger partial charge in [-0.2, -0.15) is 0 Å². The predicted octanol–water partition coefficient (Wildman–Crippen LogP) is 2.48. The summed E-state index contributed by atoms with van der Waals surface area (Å²) in [7, 11) is 1.76. The molecule has 0 fully saturated rings. The van der Waals surface area contributed by atoms with E-state index < -0.39 is 40.9 Å². The molecule has 11 heteroatoms. The SMILES string of the molecule is Cn1ccnc1C(NC(=O)CN1C(=O)c2cccc([N+](=O)[O-])c2C1=O)c1ccc(Cl)cc1. The lowest BCUT2D eigenvalue weighted by Crippen LogP contribution is -2.42. The van der Waals surface area contributed by atoms with Crippen molar-refractivity contribution in [3.63, 3.8) is 0 Å². The van der Waals surface area contributed by atoms with Crippen molar-refractivity contribution in [1.82, 2.24) is 19.8 Å². The third kappa shape index (κ3) is 3.71. The number of amides is 3.